The van der Waals surface area contributed by atoms with Gasteiger partial charge < -0.3 is 5.32 Å². The zero-order valence-corrected chi connectivity index (χ0v) is 10.8. The van der Waals surface area contributed by atoms with Gasteiger partial charge in [-0.25, -0.2) is 8.78 Å². The Morgan fingerprint density at radius 1 is 1.27 bits per heavy atom. The summed E-state index contributed by atoms with van der Waals surface area (Å²) in [5.41, 5.74) is 0.328. The summed E-state index contributed by atoms with van der Waals surface area (Å²) < 4.78 is 25.3. The molecule has 0 radical (unpaired) electrons. The van der Waals surface area contributed by atoms with E-state index in [0.29, 0.717) is 20.2 Å². The van der Waals surface area contributed by atoms with Crippen molar-refractivity contribution in [2.24, 2.45) is 0 Å². The van der Waals surface area contributed by atoms with Crippen LogP contribution in [0.4, 0.5) is 14.5 Å². The molecule has 0 saturated heterocycles. The van der Waals surface area contributed by atoms with E-state index < -0.39 is 12.5 Å². The molecule has 1 rings (SSSR count). The lowest BCUT2D eigenvalue weighted by molar-refractivity contribution is 0.131. The van der Waals surface area contributed by atoms with E-state index in [2.05, 4.69) is 21.2 Å². The second kappa shape index (κ2) is 5.32. The zero-order valence-electron chi connectivity index (χ0n) is 7.70. The molecule has 0 heterocycles. The van der Waals surface area contributed by atoms with Crippen molar-refractivity contribution in [2.75, 3.05) is 5.32 Å². The number of nitrogens with one attached hydrogen (secondary N) is 1. The van der Waals surface area contributed by atoms with Crippen molar-refractivity contribution < 1.29 is 8.78 Å². The molecular formula is C9H8BrCl2F2N. The molecule has 15 heavy (non-hydrogen) atoms. The fourth-order valence-electron chi connectivity index (χ4n) is 0.971. The van der Waals surface area contributed by atoms with Gasteiger partial charge in [-0.15, -0.1) is 0 Å². The molecule has 1 aromatic carbocycles. The molecule has 0 aliphatic rings. The van der Waals surface area contributed by atoms with Gasteiger partial charge in [0.15, 0.2) is 0 Å². The summed E-state index contributed by atoms with van der Waals surface area (Å²) in [6.07, 6.45) is -2.47. The van der Waals surface area contributed by atoms with Gasteiger partial charge in [0.1, 0.15) is 0 Å². The number of alkyl halides is 2. The Balaban J connectivity index is 2.95. The average molecular weight is 319 g/mol. The van der Waals surface area contributed by atoms with Crippen LogP contribution in [0.5, 0.6) is 0 Å². The fourth-order valence-corrected chi connectivity index (χ4v) is 2.29. The van der Waals surface area contributed by atoms with Gasteiger partial charge in [-0.05, 0) is 19.1 Å². The van der Waals surface area contributed by atoms with Crippen molar-refractivity contribution >= 4 is 44.8 Å². The summed E-state index contributed by atoms with van der Waals surface area (Å²) in [7, 11) is 0. The minimum atomic E-state index is -2.47. The quantitative estimate of drug-likeness (QED) is 0.842. The normalized spacial score (nSPS) is 13.0. The van der Waals surface area contributed by atoms with Crippen LogP contribution in [0, 0.1) is 0 Å². The zero-order chi connectivity index (χ0) is 11.6. The first-order chi connectivity index (χ1) is 6.91. The molecule has 0 spiro atoms. The van der Waals surface area contributed by atoms with Crippen LogP contribution in [0.2, 0.25) is 10.0 Å². The van der Waals surface area contributed by atoms with E-state index in [4.69, 9.17) is 23.2 Å². The maximum atomic E-state index is 12.3. The monoisotopic (exact) mass is 317 g/mol. The molecular weight excluding hydrogens is 311 g/mol. The smallest absolute Gasteiger partial charge is 0.258 e. The first kappa shape index (κ1) is 13.0. The molecule has 0 aliphatic heterocycles. The maximum Gasteiger partial charge on any atom is 0.258 e. The predicted octanol–water partition coefficient (Wildman–Crippen LogP) is 4.82. The predicted molar refractivity (Wildman–Crippen MR) is 63.3 cm³/mol. The molecule has 1 atom stereocenters. The molecule has 0 bridgehead atoms. The largest absolute Gasteiger partial charge is 0.374 e. The lowest BCUT2D eigenvalue weighted by Crippen LogP contribution is -2.24. The third-order valence-electron chi connectivity index (χ3n) is 1.76. The number of rotatable bonds is 3. The number of hydrogen-bond donors (Lipinski definition) is 1. The highest BCUT2D eigenvalue weighted by molar-refractivity contribution is 9.10. The summed E-state index contributed by atoms with van der Waals surface area (Å²) in [4.78, 5) is 0. The van der Waals surface area contributed by atoms with Gasteiger partial charge in [-0.1, -0.05) is 39.1 Å². The van der Waals surface area contributed by atoms with Crippen molar-refractivity contribution in [3.63, 3.8) is 0 Å². The van der Waals surface area contributed by atoms with E-state index in [1.54, 1.807) is 12.1 Å². The van der Waals surface area contributed by atoms with Crippen molar-refractivity contribution in [1.29, 1.82) is 0 Å². The van der Waals surface area contributed by atoms with E-state index in [1.165, 1.54) is 6.92 Å². The number of anilines is 1. The first-order valence-corrected chi connectivity index (χ1v) is 5.66. The first-order valence-electron chi connectivity index (χ1n) is 4.11. The van der Waals surface area contributed by atoms with Crippen LogP contribution in [-0.4, -0.2) is 12.5 Å². The minimum Gasteiger partial charge on any atom is -0.374 e. The molecule has 1 aromatic rings. The highest BCUT2D eigenvalue weighted by Gasteiger charge is 2.17. The van der Waals surface area contributed by atoms with Crippen LogP contribution in [0.1, 0.15) is 6.92 Å². The second-order valence-electron chi connectivity index (χ2n) is 3.01. The van der Waals surface area contributed by atoms with E-state index in [1.807, 2.05) is 0 Å². The Morgan fingerprint density at radius 3 is 2.13 bits per heavy atom. The Morgan fingerprint density at radius 2 is 1.73 bits per heavy atom. The molecule has 0 fully saturated rings. The van der Waals surface area contributed by atoms with E-state index in [0.717, 1.165) is 0 Å². The average Bonchev–Trinajstić information content (AvgIpc) is 2.10. The molecule has 1 unspecified atom stereocenters. The lowest BCUT2D eigenvalue weighted by atomic mass is 10.2. The van der Waals surface area contributed by atoms with Crippen LogP contribution >= 0.6 is 39.1 Å². The van der Waals surface area contributed by atoms with Crippen molar-refractivity contribution in [2.45, 2.75) is 19.4 Å². The van der Waals surface area contributed by atoms with Gasteiger partial charge in [-0.3, -0.25) is 0 Å². The standard InChI is InChI=1S/C9H8BrCl2F2N/c1-4(9(13)14)15-8-6(11)2-5(10)3-7(8)12/h2-4,9,15H,1H3. The van der Waals surface area contributed by atoms with E-state index >= 15 is 0 Å². The van der Waals surface area contributed by atoms with Crippen LogP contribution in [-0.2, 0) is 0 Å². The second-order valence-corrected chi connectivity index (χ2v) is 4.74. The Bertz CT molecular complexity index is 337. The third-order valence-corrected chi connectivity index (χ3v) is 2.81. The Kier molecular flexibility index (Phi) is 4.62. The molecule has 6 heteroatoms. The van der Waals surface area contributed by atoms with Gasteiger partial charge in [0, 0.05) is 4.47 Å². The third kappa shape index (κ3) is 3.47. The summed E-state index contributed by atoms with van der Waals surface area (Å²) in [6, 6.07) is 2.18. The Labute approximate surface area is 105 Å². The maximum absolute atomic E-state index is 12.3. The molecule has 0 amide bonds. The SMILES string of the molecule is CC(Nc1c(Cl)cc(Br)cc1Cl)C(F)F. The van der Waals surface area contributed by atoms with Gasteiger partial charge in [0.25, 0.3) is 6.43 Å². The fraction of sp³-hybridized carbons (Fsp3) is 0.333. The summed E-state index contributed by atoms with van der Waals surface area (Å²) in [6.45, 7) is 1.36. The Hall–Kier alpha value is -0.0600. The molecule has 84 valence electrons. The summed E-state index contributed by atoms with van der Waals surface area (Å²) in [5, 5.41) is 3.18. The van der Waals surface area contributed by atoms with Crippen LogP contribution in [0.3, 0.4) is 0 Å². The molecule has 0 aromatic heterocycles. The molecule has 1 N–H and O–H groups in total. The van der Waals surface area contributed by atoms with Gasteiger partial charge in [-0.2, -0.15) is 0 Å². The molecule has 1 nitrogen and oxygen atoms in total. The van der Waals surface area contributed by atoms with Crippen LogP contribution < -0.4 is 5.32 Å². The summed E-state index contributed by atoms with van der Waals surface area (Å²) >= 11 is 14.9. The van der Waals surface area contributed by atoms with Gasteiger partial charge in [0.05, 0.1) is 21.8 Å². The van der Waals surface area contributed by atoms with Gasteiger partial charge >= 0.3 is 0 Å². The topological polar surface area (TPSA) is 12.0 Å². The van der Waals surface area contributed by atoms with Crippen LogP contribution in [0.25, 0.3) is 0 Å². The van der Waals surface area contributed by atoms with E-state index in [-0.39, 0.29) is 0 Å². The number of hydrogen-bond acceptors (Lipinski definition) is 1. The van der Waals surface area contributed by atoms with Crippen molar-refractivity contribution in [3.05, 3.63) is 26.7 Å². The van der Waals surface area contributed by atoms with Gasteiger partial charge in [0.2, 0.25) is 0 Å². The minimum absolute atomic E-state index is 0.307. The number of halogens is 5. The highest BCUT2D eigenvalue weighted by Crippen LogP contribution is 2.34. The van der Waals surface area contributed by atoms with E-state index in [9.17, 15) is 8.78 Å². The summed E-state index contributed by atoms with van der Waals surface area (Å²) in [5.74, 6) is 0. The lowest BCUT2D eigenvalue weighted by Gasteiger charge is -2.16. The highest BCUT2D eigenvalue weighted by atomic mass is 79.9. The van der Waals surface area contributed by atoms with Crippen molar-refractivity contribution in [1.82, 2.24) is 0 Å². The molecule has 0 saturated carbocycles. The molecule has 0 aliphatic carbocycles. The number of benzene rings is 1. The van der Waals surface area contributed by atoms with Crippen LogP contribution in [0.15, 0.2) is 16.6 Å². The van der Waals surface area contributed by atoms with Crippen molar-refractivity contribution in [3.8, 4) is 0 Å².